The van der Waals surface area contributed by atoms with E-state index in [2.05, 4.69) is 26.3 Å². The number of benzene rings is 2. The molecule has 1 N–H and O–H groups in total. The largest absolute Gasteiger partial charge is 0.350 e. The zero-order chi connectivity index (χ0) is 34.4. The first-order valence-electron chi connectivity index (χ1n) is 16.5. The molecule has 1 saturated carbocycles. The molecule has 0 aliphatic heterocycles. The second kappa shape index (κ2) is 15.0. The summed E-state index contributed by atoms with van der Waals surface area (Å²) in [6, 6.07) is 21.8. The van der Waals surface area contributed by atoms with Crippen LogP contribution in [-0.4, -0.2) is 70.6 Å². The second-order valence-electron chi connectivity index (χ2n) is 12.8. The highest BCUT2D eigenvalue weighted by molar-refractivity contribution is 7.90. The molecule has 3 aromatic heterocycles. The van der Waals surface area contributed by atoms with Crippen molar-refractivity contribution in [3.05, 3.63) is 120 Å². The quantitative estimate of drug-likeness (QED) is 0.178. The molecule has 10 nitrogen and oxygen atoms in total. The van der Waals surface area contributed by atoms with Crippen molar-refractivity contribution in [2.75, 3.05) is 20.6 Å². The molecule has 3 heterocycles. The van der Waals surface area contributed by atoms with Crippen molar-refractivity contribution in [3.8, 4) is 11.3 Å². The number of rotatable bonds is 12. The van der Waals surface area contributed by atoms with Crippen molar-refractivity contribution in [1.82, 2.24) is 29.1 Å². The number of ketones is 1. The molecule has 0 radical (unpaired) electrons. The second-order valence-corrected chi connectivity index (χ2v) is 14.6. The predicted octanol–water partition coefficient (Wildman–Crippen LogP) is 5.23. The molecule has 0 bridgehead atoms. The smallest absolute Gasteiger partial charge is 0.269 e. The number of fused-ring (bicyclic) bond motifs is 1. The zero-order valence-electron chi connectivity index (χ0n) is 27.7. The maximum atomic E-state index is 13.3. The topological polar surface area (TPSA) is 127 Å². The molecule has 5 aromatic rings. The van der Waals surface area contributed by atoms with Crippen LogP contribution in [0.1, 0.15) is 42.5 Å². The number of pyridine rings is 1. The first kappa shape index (κ1) is 33.9. The first-order valence-corrected chi connectivity index (χ1v) is 17.9. The number of carbonyl (C=O) groups is 2. The Labute approximate surface area is 287 Å². The summed E-state index contributed by atoms with van der Waals surface area (Å²) in [5, 5.41) is 3.76. The average molecular weight is 677 g/mol. The maximum absolute atomic E-state index is 13.3. The molecule has 11 heteroatoms. The van der Waals surface area contributed by atoms with Crippen molar-refractivity contribution < 1.29 is 18.0 Å². The summed E-state index contributed by atoms with van der Waals surface area (Å²) in [5.74, 6) is 0.0294. The van der Waals surface area contributed by atoms with E-state index in [9.17, 15) is 18.0 Å². The van der Waals surface area contributed by atoms with Crippen molar-refractivity contribution in [1.29, 1.82) is 0 Å². The number of nitrogens with zero attached hydrogens (tertiary/aromatic N) is 5. The fourth-order valence-corrected chi connectivity index (χ4v) is 7.66. The van der Waals surface area contributed by atoms with Crippen LogP contribution in [0, 0.1) is 5.92 Å². The molecule has 6 rings (SSSR count). The van der Waals surface area contributed by atoms with Gasteiger partial charge in [-0.25, -0.2) is 27.3 Å². The Morgan fingerprint density at radius 3 is 2.59 bits per heavy atom. The van der Waals surface area contributed by atoms with E-state index >= 15 is 0 Å². The minimum absolute atomic E-state index is 0.00987. The van der Waals surface area contributed by atoms with Crippen molar-refractivity contribution in [2.24, 2.45) is 5.92 Å². The van der Waals surface area contributed by atoms with Gasteiger partial charge in [-0.05, 0) is 74.8 Å². The van der Waals surface area contributed by atoms with Crippen LogP contribution < -0.4 is 5.32 Å². The lowest BCUT2D eigenvalue weighted by atomic mass is 9.81. The van der Waals surface area contributed by atoms with Gasteiger partial charge in [0.25, 0.3) is 10.0 Å². The van der Waals surface area contributed by atoms with E-state index in [1.165, 1.54) is 16.5 Å². The normalized spacial score (nSPS) is 16.7. The van der Waals surface area contributed by atoms with Crippen molar-refractivity contribution >= 4 is 32.7 Å². The highest BCUT2D eigenvalue weighted by Crippen LogP contribution is 2.28. The van der Waals surface area contributed by atoms with E-state index < -0.39 is 10.0 Å². The molecule has 1 fully saturated rings. The number of aromatic nitrogens is 4. The Bertz CT molecular complexity index is 2090. The average Bonchev–Trinajstić information content (AvgIpc) is 3.53. The fraction of sp³-hybridized carbons (Fsp3) is 0.289. The van der Waals surface area contributed by atoms with Crippen molar-refractivity contribution in [2.45, 2.75) is 49.5 Å². The van der Waals surface area contributed by atoms with Crippen LogP contribution in [0.5, 0.6) is 0 Å². The minimum Gasteiger partial charge on any atom is -0.350 e. The lowest BCUT2D eigenvalue weighted by Crippen LogP contribution is -2.39. The third-order valence-electron chi connectivity index (χ3n) is 8.78. The van der Waals surface area contributed by atoms with Gasteiger partial charge in [-0.2, -0.15) is 0 Å². The van der Waals surface area contributed by atoms with Crippen LogP contribution in [0.2, 0.25) is 0 Å². The van der Waals surface area contributed by atoms with E-state index in [4.69, 9.17) is 0 Å². The number of carbonyl (C=O) groups excluding carboxylic acids is 2. The van der Waals surface area contributed by atoms with Gasteiger partial charge in [0.05, 0.1) is 10.6 Å². The van der Waals surface area contributed by atoms with E-state index in [0.717, 1.165) is 41.6 Å². The molecule has 49 heavy (non-hydrogen) atoms. The molecule has 1 amide bonds. The van der Waals surface area contributed by atoms with Crippen LogP contribution in [0.25, 0.3) is 22.3 Å². The Morgan fingerprint density at radius 2 is 1.78 bits per heavy atom. The molecule has 2 atom stereocenters. The van der Waals surface area contributed by atoms with Gasteiger partial charge in [-0.15, -0.1) is 0 Å². The van der Waals surface area contributed by atoms with Gasteiger partial charge < -0.3 is 10.2 Å². The lowest BCUT2D eigenvalue weighted by molar-refractivity contribution is -0.124. The van der Waals surface area contributed by atoms with Gasteiger partial charge in [-0.3, -0.25) is 9.59 Å². The molecule has 1 aliphatic rings. The molecule has 1 aliphatic carbocycles. The molecule has 252 valence electrons. The number of nitrogens with one attached hydrogen (secondary N) is 1. The van der Waals surface area contributed by atoms with E-state index in [1.807, 2.05) is 55.4 Å². The molecule has 0 saturated heterocycles. The number of hydrogen-bond donors (Lipinski definition) is 1. The fourth-order valence-electron chi connectivity index (χ4n) is 6.33. The Morgan fingerprint density at radius 1 is 0.959 bits per heavy atom. The van der Waals surface area contributed by atoms with Crippen LogP contribution in [0.4, 0.5) is 0 Å². The van der Waals surface area contributed by atoms with Gasteiger partial charge in [-0.1, -0.05) is 55.0 Å². The predicted molar refractivity (Wildman–Crippen MR) is 189 cm³/mol. The number of Topliss-reactive ketones (excluding diaryl/α,β-unsaturated/α-hetero) is 1. The monoisotopic (exact) mass is 676 g/mol. The first-order chi connectivity index (χ1) is 23.7. The number of hydrogen-bond acceptors (Lipinski definition) is 8. The van der Waals surface area contributed by atoms with Crippen LogP contribution in [-0.2, 0) is 32.5 Å². The molecule has 0 spiro atoms. The Hall–Kier alpha value is -5.00. The van der Waals surface area contributed by atoms with Crippen LogP contribution >= 0.6 is 0 Å². The summed E-state index contributed by atoms with van der Waals surface area (Å²) >= 11 is 0. The lowest BCUT2D eigenvalue weighted by Gasteiger charge is -2.28. The third-order valence-corrected chi connectivity index (χ3v) is 10.5. The highest BCUT2D eigenvalue weighted by Gasteiger charge is 2.28. The minimum atomic E-state index is -3.78. The van der Waals surface area contributed by atoms with Gasteiger partial charge in [0.1, 0.15) is 12.1 Å². The van der Waals surface area contributed by atoms with Crippen LogP contribution in [0.15, 0.2) is 109 Å². The molecular formula is C38H40N6O4S. The van der Waals surface area contributed by atoms with Crippen LogP contribution in [0.3, 0.4) is 0 Å². The maximum Gasteiger partial charge on any atom is 0.269 e. The summed E-state index contributed by atoms with van der Waals surface area (Å²) in [5.41, 5.74) is 4.57. The zero-order valence-corrected chi connectivity index (χ0v) is 28.5. The summed E-state index contributed by atoms with van der Waals surface area (Å²) in [4.78, 5) is 41.3. The summed E-state index contributed by atoms with van der Waals surface area (Å²) in [6.45, 7) is 0.700. The standard InChI is InChI=1S/C38H40N6O4S/c1-43(2)17-8-15-37(46)42-32-12-7-11-29(23-32)36(45)21-28-10-6-9-27(19-28)20-33-24-35(41-26-40-33)31-22-30-16-18-44(38(30)39-25-31)49(47,48)34-13-4-3-5-14-34/h3-6,8-10,13-16,18-19,22,24-26,29,32H,7,11-12,17,20-21,23H2,1-2H3,(H,42,46)/b15-8+. The van der Waals surface area contributed by atoms with E-state index in [-0.39, 0.29) is 28.5 Å². The third kappa shape index (κ3) is 8.36. The van der Waals surface area contributed by atoms with Gasteiger partial charge in [0, 0.05) is 66.5 Å². The van der Waals surface area contributed by atoms with Crippen molar-refractivity contribution in [3.63, 3.8) is 0 Å². The molecule has 2 unspecified atom stereocenters. The molecular weight excluding hydrogens is 637 g/mol. The van der Waals surface area contributed by atoms with Gasteiger partial charge in [0.2, 0.25) is 5.91 Å². The summed E-state index contributed by atoms with van der Waals surface area (Å²) < 4.78 is 27.6. The Kier molecular flexibility index (Phi) is 10.4. The van der Waals surface area contributed by atoms with Gasteiger partial charge in [0.15, 0.2) is 5.65 Å². The number of likely N-dealkylation sites (N-methyl/N-ethyl adjacent to an activating group) is 1. The van der Waals surface area contributed by atoms with E-state index in [1.54, 1.807) is 48.7 Å². The Balaban J connectivity index is 1.10. The molecule has 2 aromatic carbocycles. The highest BCUT2D eigenvalue weighted by atomic mass is 32.2. The number of amides is 1. The summed E-state index contributed by atoms with van der Waals surface area (Å²) in [7, 11) is 0.122. The summed E-state index contributed by atoms with van der Waals surface area (Å²) in [6.07, 6.45) is 12.3. The SMILES string of the molecule is CN(C)C/C=C/C(=O)NC1CCCC(C(=O)Cc2cccc(Cc3cc(-c4cnc5c(ccn5S(=O)(=O)c5ccccc5)c4)ncn3)c2)C1. The van der Waals surface area contributed by atoms with E-state index in [0.29, 0.717) is 42.5 Å². The van der Waals surface area contributed by atoms with Gasteiger partial charge >= 0.3 is 0 Å².